The van der Waals surface area contributed by atoms with E-state index in [1.807, 2.05) is 0 Å². The highest BCUT2D eigenvalue weighted by atomic mass is 35.5. The fourth-order valence-corrected chi connectivity index (χ4v) is 3.37. The minimum absolute atomic E-state index is 0.0290. The molecule has 0 saturated carbocycles. The number of methoxy groups -OCH3 is 2. The van der Waals surface area contributed by atoms with E-state index in [0.717, 1.165) is 11.8 Å². The van der Waals surface area contributed by atoms with Crippen LogP contribution in [0.2, 0.25) is 5.02 Å². The number of carbonyl (C=O) groups excluding carboxylic acids is 1. The Balaban J connectivity index is 1.68. The van der Waals surface area contributed by atoms with E-state index in [-0.39, 0.29) is 22.2 Å². The van der Waals surface area contributed by atoms with Crippen molar-refractivity contribution in [3.05, 3.63) is 70.2 Å². The van der Waals surface area contributed by atoms with Crippen molar-refractivity contribution in [3.63, 3.8) is 0 Å². The third-order valence-electron chi connectivity index (χ3n) is 3.92. The normalized spacial score (nSPS) is 10.4. The molecular formula is C20H18ClN3O4S. The van der Waals surface area contributed by atoms with Crippen molar-refractivity contribution < 1.29 is 14.3 Å². The number of aromatic nitrogens is 2. The van der Waals surface area contributed by atoms with E-state index < -0.39 is 0 Å². The minimum atomic E-state index is -0.307. The van der Waals surface area contributed by atoms with E-state index in [1.165, 1.54) is 25.0 Å². The highest BCUT2D eigenvalue weighted by Gasteiger charge is 2.12. The average Bonchev–Trinajstić information content (AvgIpc) is 2.73. The molecule has 3 rings (SSSR count). The lowest BCUT2D eigenvalue weighted by molar-refractivity contribution is -0.113. The van der Waals surface area contributed by atoms with Crippen LogP contribution in [-0.4, -0.2) is 35.4 Å². The Morgan fingerprint density at radius 1 is 1.14 bits per heavy atom. The maximum absolute atomic E-state index is 12.7. The van der Waals surface area contributed by atoms with Crippen molar-refractivity contribution >= 4 is 35.0 Å². The molecule has 0 bridgehead atoms. The number of rotatable bonds is 7. The van der Waals surface area contributed by atoms with Crippen molar-refractivity contribution in [2.45, 2.75) is 5.03 Å². The smallest absolute Gasteiger partial charge is 0.287 e. The Kier molecular flexibility index (Phi) is 6.79. The number of ether oxygens (including phenoxy) is 2. The fraction of sp³-hybridized carbons (Fsp3) is 0.150. The summed E-state index contributed by atoms with van der Waals surface area (Å²) in [6, 6.07) is 11.9. The summed E-state index contributed by atoms with van der Waals surface area (Å²) >= 11 is 6.96. The molecule has 0 saturated heterocycles. The summed E-state index contributed by atoms with van der Waals surface area (Å²) in [6.45, 7) is 0. The van der Waals surface area contributed by atoms with Crippen LogP contribution in [0.4, 0.5) is 5.69 Å². The highest BCUT2D eigenvalue weighted by Crippen LogP contribution is 2.29. The van der Waals surface area contributed by atoms with Crippen LogP contribution in [0.15, 0.2) is 64.7 Å². The average molecular weight is 432 g/mol. The first-order valence-corrected chi connectivity index (χ1v) is 9.86. The van der Waals surface area contributed by atoms with Crippen LogP contribution < -0.4 is 20.3 Å². The van der Waals surface area contributed by atoms with Gasteiger partial charge in [0, 0.05) is 34.9 Å². The summed E-state index contributed by atoms with van der Waals surface area (Å²) in [4.78, 5) is 29.1. The maximum Gasteiger partial charge on any atom is 0.287 e. The number of hydrogen-bond donors (Lipinski definition) is 1. The van der Waals surface area contributed by atoms with Crippen LogP contribution in [0.3, 0.4) is 0 Å². The Labute approximate surface area is 176 Å². The molecule has 0 atom stereocenters. The molecule has 1 N–H and O–H groups in total. The zero-order valence-corrected chi connectivity index (χ0v) is 17.3. The molecule has 0 unspecified atom stereocenters. The molecule has 1 aromatic heterocycles. The molecule has 2 aromatic carbocycles. The molecule has 1 heterocycles. The molecule has 0 aliphatic carbocycles. The second-order valence-corrected chi connectivity index (χ2v) is 7.19. The lowest BCUT2D eigenvalue weighted by Gasteiger charge is -2.10. The second-order valence-electron chi connectivity index (χ2n) is 5.79. The van der Waals surface area contributed by atoms with Gasteiger partial charge < -0.3 is 14.8 Å². The predicted molar refractivity (Wildman–Crippen MR) is 114 cm³/mol. The van der Waals surface area contributed by atoms with Gasteiger partial charge in [0.05, 0.1) is 20.0 Å². The second kappa shape index (κ2) is 9.49. The van der Waals surface area contributed by atoms with E-state index in [9.17, 15) is 9.59 Å². The topological polar surface area (TPSA) is 82.5 Å². The molecule has 150 valence electrons. The molecule has 0 spiro atoms. The van der Waals surface area contributed by atoms with Crippen LogP contribution >= 0.6 is 23.4 Å². The van der Waals surface area contributed by atoms with Crippen molar-refractivity contribution in [1.82, 2.24) is 9.55 Å². The third-order valence-corrected chi connectivity index (χ3v) is 5.13. The van der Waals surface area contributed by atoms with Crippen molar-refractivity contribution in [2.75, 3.05) is 25.3 Å². The Hall–Kier alpha value is -2.97. The number of halogens is 1. The van der Waals surface area contributed by atoms with Crippen molar-refractivity contribution in [3.8, 4) is 17.2 Å². The number of nitrogens with zero attached hydrogens (tertiary/aromatic N) is 2. The van der Waals surface area contributed by atoms with E-state index in [0.29, 0.717) is 27.9 Å². The standard InChI is InChI=1S/C20H18ClN3O4S/c1-27-16-8-5-14(11-17(16)28-2)23-18(25)12-29-19-20(26)24(10-9-22-19)15-6-3-13(21)4-7-15/h3-11H,12H2,1-2H3,(H,23,25). The Morgan fingerprint density at radius 3 is 2.55 bits per heavy atom. The van der Waals surface area contributed by atoms with Crippen LogP contribution in [0.25, 0.3) is 5.69 Å². The predicted octanol–water partition coefficient (Wildman–Crippen LogP) is 3.63. The molecule has 29 heavy (non-hydrogen) atoms. The first-order valence-electron chi connectivity index (χ1n) is 8.50. The van der Waals surface area contributed by atoms with E-state index in [1.54, 1.807) is 48.7 Å². The zero-order valence-electron chi connectivity index (χ0n) is 15.7. The first-order chi connectivity index (χ1) is 14.0. The molecule has 0 fully saturated rings. The Bertz CT molecular complexity index is 1070. The maximum atomic E-state index is 12.7. The number of benzene rings is 2. The van der Waals surface area contributed by atoms with Gasteiger partial charge in [-0.2, -0.15) is 0 Å². The number of carbonyl (C=O) groups is 1. The van der Waals surface area contributed by atoms with Gasteiger partial charge in [0.1, 0.15) is 0 Å². The van der Waals surface area contributed by atoms with Crippen molar-refractivity contribution in [1.29, 1.82) is 0 Å². The van der Waals surface area contributed by atoms with Crippen LogP contribution in [-0.2, 0) is 4.79 Å². The lowest BCUT2D eigenvalue weighted by Crippen LogP contribution is -2.22. The van der Waals surface area contributed by atoms with Gasteiger partial charge in [0.2, 0.25) is 5.91 Å². The van der Waals surface area contributed by atoms with Gasteiger partial charge >= 0.3 is 0 Å². The Morgan fingerprint density at radius 2 is 1.86 bits per heavy atom. The summed E-state index contributed by atoms with van der Waals surface area (Å²) in [5.41, 5.74) is 0.921. The van der Waals surface area contributed by atoms with Gasteiger partial charge in [-0.25, -0.2) is 4.98 Å². The third kappa shape index (κ3) is 5.10. The van der Waals surface area contributed by atoms with E-state index in [2.05, 4.69) is 10.3 Å². The van der Waals surface area contributed by atoms with Crippen LogP contribution in [0.1, 0.15) is 0 Å². The summed E-state index contributed by atoms with van der Waals surface area (Å²) in [5.74, 6) is 0.830. The van der Waals surface area contributed by atoms with Gasteiger partial charge in [-0.05, 0) is 36.4 Å². The molecule has 0 aliphatic heterocycles. The molecule has 9 heteroatoms. The zero-order chi connectivity index (χ0) is 20.8. The highest BCUT2D eigenvalue weighted by molar-refractivity contribution is 7.99. The summed E-state index contributed by atoms with van der Waals surface area (Å²) < 4.78 is 11.9. The number of thioether (sulfide) groups is 1. The van der Waals surface area contributed by atoms with Gasteiger partial charge in [-0.1, -0.05) is 23.4 Å². The first kappa shape index (κ1) is 20.8. The number of anilines is 1. The quantitative estimate of drug-likeness (QED) is 0.575. The molecule has 1 amide bonds. The molecule has 3 aromatic rings. The lowest BCUT2D eigenvalue weighted by atomic mass is 10.2. The number of amides is 1. The van der Waals surface area contributed by atoms with Gasteiger partial charge in [-0.3, -0.25) is 14.2 Å². The van der Waals surface area contributed by atoms with E-state index in [4.69, 9.17) is 21.1 Å². The summed E-state index contributed by atoms with van der Waals surface area (Å²) in [5, 5.41) is 3.57. The largest absolute Gasteiger partial charge is 0.493 e. The summed E-state index contributed by atoms with van der Waals surface area (Å²) in [6.07, 6.45) is 3.09. The van der Waals surface area contributed by atoms with E-state index >= 15 is 0 Å². The molecule has 0 aliphatic rings. The molecule has 0 radical (unpaired) electrons. The summed E-state index contributed by atoms with van der Waals surface area (Å²) in [7, 11) is 3.06. The SMILES string of the molecule is COc1ccc(NC(=O)CSc2nccn(-c3ccc(Cl)cc3)c2=O)cc1OC. The fourth-order valence-electron chi connectivity index (χ4n) is 2.54. The molecular weight excluding hydrogens is 414 g/mol. The monoisotopic (exact) mass is 431 g/mol. The van der Waals surface area contributed by atoms with Gasteiger partial charge in [-0.15, -0.1) is 0 Å². The van der Waals surface area contributed by atoms with Gasteiger partial charge in [0.15, 0.2) is 16.5 Å². The minimum Gasteiger partial charge on any atom is -0.493 e. The number of nitrogens with one attached hydrogen (secondary N) is 1. The van der Waals surface area contributed by atoms with Crippen molar-refractivity contribution in [2.24, 2.45) is 0 Å². The van der Waals surface area contributed by atoms with Gasteiger partial charge in [0.25, 0.3) is 5.56 Å². The number of hydrogen-bond acceptors (Lipinski definition) is 6. The molecule has 7 nitrogen and oxygen atoms in total. The van der Waals surface area contributed by atoms with Crippen LogP contribution in [0.5, 0.6) is 11.5 Å². The van der Waals surface area contributed by atoms with Crippen LogP contribution in [0, 0.1) is 0 Å².